The summed E-state index contributed by atoms with van der Waals surface area (Å²) in [6, 6.07) is 0. The van der Waals surface area contributed by atoms with Crippen molar-refractivity contribution < 1.29 is 28.6 Å². The Morgan fingerprint density at radius 1 is 0.382 bits per heavy atom. The number of unbranched alkanes of at least 4 members (excludes halogenated alkanes) is 22. The minimum absolute atomic E-state index is 0.0853. The van der Waals surface area contributed by atoms with Gasteiger partial charge in [0.05, 0.1) is 0 Å². The highest BCUT2D eigenvalue weighted by atomic mass is 16.6. The SMILES string of the molecule is CC/C=C\C/C=C\C/C=C\CCCCCCC(=O)OCC(COC(=O)CCCCCCCCCCC)OC(=O)CCCCC/C=C\CCCCCCCCC. The lowest BCUT2D eigenvalue weighted by molar-refractivity contribution is -0.167. The van der Waals surface area contributed by atoms with Gasteiger partial charge < -0.3 is 14.2 Å². The van der Waals surface area contributed by atoms with Gasteiger partial charge in [0.1, 0.15) is 13.2 Å². The lowest BCUT2D eigenvalue weighted by Gasteiger charge is -2.18. The lowest BCUT2D eigenvalue weighted by atomic mass is 10.1. The van der Waals surface area contributed by atoms with E-state index in [1.54, 1.807) is 0 Å². The van der Waals surface area contributed by atoms with Crippen molar-refractivity contribution >= 4 is 17.9 Å². The zero-order valence-electron chi connectivity index (χ0n) is 36.2. The molecule has 0 aliphatic carbocycles. The Hall–Kier alpha value is -2.63. The average molecular weight is 771 g/mol. The van der Waals surface area contributed by atoms with Crippen LogP contribution in [0.5, 0.6) is 0 Å². The van der Waals surface area contributed by atoms with Gasteiger partial charge in [-0.05, 0) is 77.0 Å². The third kappa shape index (κ3) is 42.4. The van der Waals surface area contributed by atoms with Crippen LogP contribution >= 0.6 is 0 Å². The van der Waals surface area contributed by atoms with Crippen LogP contribution in [0.2, 0.25) is 0 Å². The number of carbonyl (C=O) groups excluding carboxylic acids is 3. The number of carbonyl (C=O) groups is 3. The number of esters is 3. The highest BCUT2D eigenvalue weighted by Gasteiger charge is 2.19. The molecule has 318 valence electrons. The summed E-state index contributed by atoms with van der Waals surface area (Å²) in [5, 5.41) is 0. The van der Waals surface area contributed by atoms with Crippen molar-refractivity contribution in [3.8, 4) is 0 Å². The van der Waals surface area contributed by atoms with Crippen LogP contribution in [0.15, 0.2) is 48.6 Å². The molecule has 6 nitrogen and oxygen atoms in total. The van der Waals surface area contributed by atoms with Gasteiger partial charge in [0.2, 0.25) is 0 Å². The summed E-state index contributed by atoms with van der Waals surface area (Å²) in [7, 11) is 0. The zero-order valence-corrected chi connectivity index (χ0v) is 36.2. The Morgan fingerprint density at radius 2 is 0.709 bits per heavy atom. The Labute approximate surface area is 339 Å². The molecule has 0 spiro atoms. The standard InChI is InChI=1S/C49H86O6/c1-4-7-10-13-16-19-21-23-25-27-30-33-36-39-42-48(51)54-45-46(44-53-47(50)41-38-35-32-29-18-15-12-9-6-3)55-49(52)43-40-37-34-31-28-26-24-22-20-17-14-11-8-5-2/h7,10,16,19,23,25-26,28,46H,4-6,8-9,11-15,17-18,20-22,24,27,29-45H2,1-3H3/b10-7-,19-16-,25-23-,28-26-. The van der Waals surface area contributed by atoms with Crippen molar-refractivity contribution in [2.75, 3.05) is 13.2 Å². The van der Waals surface area contributed by atoms with Gasteiger partial charge >= 0.3 is 17.9 Å². The van der Waals surface area contributed by atoms with Crippen molar-refractivity contribution in [1.29, 1.82) is 0 Å². The maximum atomic E-state index is 12.7. The third-order valence-electron chi connectivity index (χ3n) is 9.82. The molecule has 0 heterocycles. The van der Waals surface area contributed by atoms with Crippen molar-refractivity contribution in [2.45, 2.75) is 232 Å². The number of hydrogen-bond acceptors (Lipinski definition) is 6. The maximum Gasteiger partial charge on any atom is 0.306 e. The van der Waals surface area contributed by atoms with E-state index in [-0.39, 0.29) is 31.1 Å². The van der Waals surface area contributed by atoms with E-state index in [9.17, 15) is 14.4 Å². The van der Waals surface area contributed by atoms with Gasteiger partial charge in [0, 0.05) is 19.3 Å². The third-order valence-corrected chi connectivity index (χ3v) is 9.82. The molecule has 0 aliphatic heterocycles. The van der Waals surface area contributed by atoms with Crippen LogP contribution in [0.1, 0.15) is 226 Å². The van der Waals surface area contributed by atoms with Crippen LogP contribution in [-0.4, -0.2) is 37.2 Å². The van der Waals surface area contributed by atoms with Crippen LogP contribution in [-0.2, 0) is 28.6 Å². The second-order valence-electron chi connectivity index (χ2n) is 15.3. The zero-order chi connectivity index (χ0) is 40.1. The van der Waals surface area contributed by atoms with Crippen molar-refractivity contribution in [3.05, 3.63) is 48.6 Å². The first kappa shape index (κ1) is 52.4. The van der Waals surface area contributed by atoms with E-state index in [4.69, 9.17) is 14.2 Å². The van der Waals surface area contributed by atoms with Gasteiger partial charge in [-0.15, -0.1) is 0 Å². The molecule has 1 atom stereocenters. The predicted octanol–water partition coefficient (Wildman–Crippen LogP) is 14.8. The van der Waals surface area contributed by atoms with Crippen molar-refractivity contribution in [2.24, 2.45) is 0 Å². The molecule has 1 unspecified atom stereocenters. The van der Waals surface area contributed by atoms with Gasteiger partial charge in [-0.25, -0.2) is 0 Å². The largest absolute Gasteiger partial charge is 0.462 e. The summed E-state index contributed by atoms with van der Waals surface area (Å²) in [5.41, 5.74) is 0. The van der Waals surface area contributed by atoms with Crippen LogP contribution < -0.4 is 0 Å². The van der Waals surface area contributed by atoms with E-state index >= 15 is 0 Å². The molecule has 0 amide bonds. The molecule has 0 aromatic carbocycles. The quantitative estimate of drug-likeness (QED) is 0.0267. The van der Waals surface area contributed by atoms with Crippen LogP contribution in [0.4, 0.5) is 0 Å². The van der Waals surface area contributed by atoms with Gasteiger partial charge in [-0.3, -0.25) is 14.4 Å². The second kappa shape index (κ2) is 44.1. The fourth-order valence-electron chi connectivity index (χ4n) is 6.33. The monoisotopic (exact) mass is 771 g/mol. The normalized spacial score (nSPS) is 12.4. The van der Waals surface area contributed by atoms with E-state index in [1.165, 1.54) is 83.5 Å². The van der Waals surface area contributed by atoms with E-state index in [2.05, 4.69) is 69.4 Å². The average Bonchev–Trinajstić information content (AvgIpc) is 3.18. The molecule has 0 aromatic heterocycles. The smallest absolute Gasteiger partial charge is 0.306 e. The number of ether oxygens (including phenoxy) is 3. The lowest BCUT2D eigenvalue weighted by Crippen LogP contribution is -2.30. The first-order valence-electron chi connectivity index (χ1n) is 23.1. The summed E-state index contributed by atoms with van der Waals surface area (Å²) < 4.78 is 16.7. The van der Waals surface area contributed by atoms with Crippen LogP contribution in [0.3, 0.4) is 0 Å². The maximum absolute atomic E-state index is 12.7. The molecule has 0 fully saturated rings. The molecule has 0 aromatic rings. The summed E-state index contributed by atoms with van der Waals surface area (Å²) in [6.07, 6.45) is 50.9. The fourth-order valence-corrected chi connectivity index (χ4v) is 6.33. The van der Waals surface area contributed by atoms with Crippen LogP contribution in [0.25, 0.3) is 0 Å². The molecule has 55 heavy (non-hydrogen) atoms. The summed E-state index contributed by atoms with van der Waals surface area (Å²) in [6.45, 7) is 6.46. The Bertz CT molecular complexity index is 980. The molecule has 0 bridgehead atoms. The summed E-state index contributed by atoms with van der Waals surface area (Å²) in [4.78, 5) is 37.7. The molecule has 0 saturated carbocycles. The highest BCUT2D eigenvalue weighted by molar-refractivity contribution is 5.71. The van der Waals surface area contributed by atoms with E-state index in [0.29, 0.717) is 19.3 Å². The first-order valence-corrected chi connectivity index (χ1v) is 23.1. The minimum Gasteiger partial charge on any atom is -0.462 e. The predicted molar refractivity (Wildman–Crippen MR) is 233 cm³/mol. The number of allylic oxidation sites excluding steroid dienone is 8. The van der Waals surface area contributed by atoms with E-state index < -0.39 is 6.10 Å². The second-order valence-corrected chi connectivity index (χ2v) is 15.3. The number of rotatable bonds is 41. The summed E-state index contributed by atoms with van der Waals surface area (Å²) >= 11 is 0. The minimum atomic E-state index is -0.785. The molecular formula is C49H86O6. The molecule has 0 radical (unpaired) electrons. The Morgan fingerprint density at radius 3 is 1.15 bits per heavy atom. The van der Waals surface area contributed by atoms with Gasteiger partial charge in [-0.1, -0.05) is 179 Å². The highest BCUT2D eigenvalue weighted by Crippen LogP contribution is 2.13. The molecule has 0 rings (SSSR count). The molecule has 0 N–H and O–H groups in total. The Kier molecular flexibility index (Phi) is 42.0. The van der Waals surface area contributed by atoms with Gasteiger partial charge in [-0.2, -0.15) is 0 Å². The van der Waals surface area contributed by atoms with Crippen molar-refractivity contribution in [3.63, 3.8) is 0 Å². The summed E-state index contributed by atoms with van der Waals surface area (Å²) in [5.74, 6) is -0.927. The van der Waals surface area contributed by atoms with E-state index in [1.807, 2.05) is 0 Å². The van der Waals surface area contributed by atoms with E-state index in [0.717, 1.165) is 103 Å². The van der Waals surface area contributed by atoms with Crippen LogP contribution in [0, 0.1) is 0 Å². The van der Waals surface area contributed by atoms with Gasteiger partial charge in [0.25, 0.3) is 0 Å². The number of hydrogen-bond donors (Lipinski definition) is 0. The van der Waals surface area contributed by atoms with Gasteiger partial charge in [0.15, 0.2) is 6.10 Å². The molecule has 0 saturated heterocycles. The molecular weight excluding hydrogens is 685 g/mol. The molecule has 0 aliphatic rings. The first-order chi connectivity index (χ1) is 27.0. The topological polar surface area (TPSA) is 78.9 Å². The van der Waals surface area contributed by atoms with Crippen molar-refractivity contribution in [1.82, 2.24) is 0 Å². The fraction of sp³-hybridized carbons (Fsp3) is 0.776. The Balaban J connectivity index is 4.41. The molecule has 6 heteroatoms.